The highest BCUT2D eigenvalue weighted by Gasteiger charge is 2.30. The first kappa shape index (κ1) is 16.4. The number of carboxylic acids is 2. The maximum atomic E-state index is 11.8. The number of hydrogen-bond donors (Lipinski definition) is 2. The SMILES string of the molecule is CC=C(C(=O)O)C(CC(=O)Oc1cccc(C)c1)C(=O)O. The fourth-order valence-corrected chi connectivity index (χ4v) is 1.82. The van der Waals surface area contributed by atoms with E-state index in [4.69, 9.17) is 14.9 Å². The molecule has 0 aliphatic heterocycles. The number of carboxylic acid groups (broad SMARTS) is 2. The van der Waals surface area contributed by atoms with Crippen LogP contribution in [0.4, 0.5) is 0 Å². The maximum Gasteiger partial charge on any atom is 0.332 e. The van der Waals surface area contributed by atoms with E-state index in [1.54, 1.807) is 18.2 Å². The molecule has 6 heteroatoms. The molecule has 6 nitrogen and oxygen atoms in total. The lowest BCUT2D eigenvalue weighted by molar-refractivity contribution is -0.147. The van der Waals surface area contributed by atoms with E-state index in [1.165, 1.54) is 13.0 Å². The van der Waals surface area contributed by atoms with Gasteiger partial charge in [-0.2, -0.15) is 0 Å². The molecule has 0 radical (unpaired) electrons. The normalized spacial score (nSPS) is 12.6. The van der Waals surface area contributed by atoms with Crippen LogP contribution in [0.5, 0.6) is 5.75 Å². The van der Waals surface area contributed by atoms with Crippen molar-refractivity contribution in [3.63, 3.8) is 0 Å². The van der Waals surface area contributed by atoms with Crippen molar-refractivity contribution in [2.75, 3.05) is 0 Å². The van der Waals surface area contributed by atoms with E-state index < -0.39 is 30.2 Å². The van der Waals surface area contributed by atoms with Gasteiger partial charge in [0.2, 0.25) is 0 Å². The summed E-state index contributed by atoms with van der Waals surface area (Å²) in [5.74, 6) is -4.69. The summed E-state index contributed by atoms with van der Waals surface area (Å²) >= 11 is 0. The first-order chi connectivity index (χ1) is 9.85. The summed E-state index contributed by atoms with van der Waals surface area (Å²) in [4.78, 5) is 33.9. The Morgan fingerprint density at radius 1 is 1.29 bits per heavy atom. The van der Waals surface area contributed by atoms with Crippen molar-refractivity contribution in [1.82, 2.24) is 0 Å². The van der Waals surface area contributed by atoms with E-state index in [-0.39, 0.29) is 5.57 Å². The smallest absolute Gasteiger partial charge is 0.332 e. The van der Waals surface area contributed by atoms with Crippen LogP contribution in [-0.4, -0.2) is 28.1 Å². The zero-order chi connectivity index (χ0) is 16.0. The fourth-order valence-electron chi connectivity index (χ4n) is 1.82. The minimum Gasteiger partial charge on any atom is -0.481 e. The van der Waals surface area contributed by atoms with E-state index in [1.807, 2.05) is 13.0 Å². The summed E-state index contributed by atoms with van der Waals surface area (Å²) < 4.78 is 5.03. The Morgan fingerprint density at radius 3 is 2.43 bits per heavy atom. The van der Waals surface area contributed by atoms with Gasteiger partial charge in [0.15, 0.2) is 0 Å². The van der Waals surface area contributed by atoms with Gasteiger partial charge >= 0.3 is 17.9 Å². The average Bonchev–Trinajstić information content (AvgIpc) is 2.37. The van der Waals surface area contributed by atoms with Gasteiger partial charge < -0.3 is 14.9 Å². The van der Waals surface area contributed by atoms with Crippen LogP contribution >= 0.6 is 0 Å². The molecule has 0 amide bonds. The van der Waals surface area contributed by atoms with Crippen LogP contribution in [0.2, 0.25) is 0 Å². The average molecular weight is 292 g/mol. The van der Waals surface area contributed by atoms with Crippen molar-refractivity contribution in [3.05, 3.63) is 41.5 Å². The highest BCUT2D eigenvalue weighted by atomic mass is 16.5. The van der Waals surface area contributed by atoms with Crippen LogP contribution in [0.15, 0.2) is 35.9 Å². The number of ether oxygens (including phenoxy) is 1. The Morgan fingerprint density at radius 2 is 1.95 bits per heavy atom. The highest BCUT2D eigenvalue weighted by molar-refractivity contribution is 5.95. The van der Waals surface area contributed by atoms with Crippen molar-refractivity contribution in [2.45, 2.75) is 20.3 Å². The number of benzene rings is 1. The number of carbonyl (C=O) groups is 3. The molecule has 2 N–H and O–H groups in total. The van der Waals surface area contributed by atoms with Crippen molar-refractivity contribution in [1.29, 1.82) is 0 Å². The van der Waals surface area contributed by atoms with Gasteiger partial charge in [-0.3, -0.25) is 9.59 Å². The molecule has 0 fully saturated rings. The van der Waals surface area contributed by atoms with Gasteiger partial charge in [-0.1, -0.05) is 18.2 Å². The Labute approximate surface area is 121 Å². The molecule has 0 bridgehead atoms. The number of rotatable bonds is 6. The third-order valence-corrected chi connectivity index (χ3v) is 2.82. The molecular weight excluding hydrogens is 276 g/mol. The first-order valence-electron chi connectivity index (χ1n) is 6.24. The highest BCUT2D eigenvalue weighted by Crippen LogP contribution is 2.19. The Kier molecular flexibility index (Phi) is 5.66. The predicted molar refractivity (Wildman–Crippen MR) is 73.9 cm³/mol. The van der Waals surface area contributed by atoms with Crippen molar-refractivity contribution < 1.29 is 29.3 Å². The Balaban J connectivity index is 2.83. The lowest BCUT2D eigenvalue weighted by Gasteiger charge is -2.12. The Bertz CT molecular complexity index is 588. The van der Waals surface area contributed by atoms with E-state index in [2.05, 4.69) is 0 Å². The van der Waals surface area contributed by atoms with Gasteiger partial charge in [0.05, 0.1) is 12.3 Å². The molecule has 0 aliphatic rings. The quantitative estimate of drug-likeness (QED) is 0.472. The maximum absolute atomic E-state index is 11.8. The number of aryl methyl sites for hydroxylation is 1. The molecule has 0 spiro atoms. The zero-order valence-electron chi connectivity index (χ0n) is 11.7. The van der Waals surface area contributed by atoms with E-state index in [0.29, 0.717) is 5.75 Å². The lowest BCUT2D eigenvalue weighted by atomic mass is 9.95. The summed E-state index contributed by atoms with van der Waals surface area (Å²) in [5, 5.41) is 18.0. The minimum atomic E-state index is -1.44. The van der Waals surface area contributed by atoms with Gasteiger partial charge in [0.1, 0.15) is 5.75 Å². The molecule has 1 unspecified atom stereocenters. The van der Waals surface area contributed by atoms with Crippen LogP contribution in [0.25, 0.3) is 0 Å². The number of esters is 1. The largest absolute Gasteiger partial charge is 0.481 e. The van der Waals surface area contributed by atoms with E-state index in [9.17, 15) is 14.4 Å². The summed E-state index contributed by atoms with van der Waals surface area (Å²) in [6, 6.07) is 6.71. The summed E-state index contributed by atoms with van der Waals surface area (Å²) in [6.07, 6.45) is 0.621. The zero-order valence-corrected chi connectivity index (χ0v) is 11.7. The summed E-state index contributed by atoms with van der Waals surface area (Å²) in [6.45, 7) is 3.23. The molecule has 1 rings (SSSR count). The molecule has 0 heterocycles. The third-order valence-electron chi connectivity index (χ3n) is 2.82. The number of allylic oxidation sites excluding steroid dienone is 1. The molecule has 1 aromatic rings. The van der Waals surface area contributed by atoms with Gasteiger partial charge in [-0.15, -0.1) is 0 Å². The van der Waals surface area contributed by atoms with Crippen LogP contribution in [0.3, 0.4) is 0 Å². The fraction of sp³-hybridized carbons (Fsp3) is 0.267. The Hall–Kier alpha value is -2.63. The molecule has 0 saturated heterocycles. The molecule has 0 saturated carbocycles. The number of hydrogen-bond acceptors (Lipinski definition) is 4. The molecule has 0 aromatic heterocycles. The standard InChI is InChI=1S/C15H16O6/c1-3-11(14(17)18)12(15(19)20)8-13(16)21-10-6-4-5-9(2)7-10/h3-7,12H,8H2,1-2H3,(H,17,18)(H,19,20). The number of carbonyl (C=O) groups excluding carboxylic acids is 1. The van der Waals surface area contributed by atoms with Crippen LogP contribution in [-0.2, 0) is 14.4 Å². The summed E-state index contributed by atoms with van der Waals surface area (Å²) in [5.41, 5.74) is 0.540. The molecule has 1 atom stereocenters. The van der Waals surface area contributed by atoms with Crippen molar-refractivity contribution in [3.8, 4) is 5.75 Å². The molecule has 112 valence electrons. The van der Waals surface area contributed by atoms with Crippen LogP contribution in [0, 0.1) is 12.8 Å². The number of aliphatic carboxylic acids is 2. The monoisotopic (exact) mass is 292 g/mol. The van der Waals surface area contributed by atoms with Crippen molar-refractivity contribution >= 4 is 17.9 Å². The molecular formula is C15H16O6. The van der Waals surface area contributed by atoms with Crippen molar-refractivity contribution in [2.24, 2.45) is 5.92 Å². The molecule has 0 aliphatic carbocycles. The lowest BCUT2D eigenvalue weighted by Crippen LogP contribution is -2.26. The predicted octanol–water partition coefficient (Wildman–Crippen LogP) is 2.02. The molecule has 1 aromatic carbocycles. The summed E-state index contributed by atoms with van der Waals surface area (Å²) in [7, 11) is 0. The first-order valence-corrected chi connectivity index (χ1v) is 6.24. The topological polar surface area (TPSA) is 101 Å². The van der Waals surface area contributed by atoms with Crippen LogP contribution < -0.4 is 4.74 Å². The van der Waals surface area contributed by atoms with Gasteiger partial charge in [-0.05, 0) is 31.5 Å². The molecule has 21 heavy (non-hydrogen) atoms. The minimum absolute atomic E-state index is 0.293. The van der Waals surface area contributed by atoms with Gasteiger partial charge in [0.25, 0.3) is 0 Å². The van der Waals surface area contributed by atoms with Crippen LogP contribution in [0.1, 0.15) is 18.9 Å². The van der Waals surface area contributed by atoms with E-state index >= 15 is 0 Å². The second-order valence-electron chi connectivity index (χ2n) is 4.43. The van der Waals surface area contributed by atoms with E-state index in [0.717, 1.165) is 5.56 Å². The van der Waals surface area contributed by atoms with Gasteiger partial charge in [0, 0.05) is 5.57 Å². The third kappa shape index (κ3) is 4.76. The second kappa shape index (κ2) is 7.23. The second-order valence-corrected chi connectivity index (χ2v) is 4.43. The van der Waals surface area contributed by atoms with Gasteiger partial charge in [-0.25, -0.2) is 4.79 Å².